The maximum absolute atomic E-state index is 14.0. The number of fused-ring (bicyclic) bond motifs is 1. The van der Waals surface area contributed by atoms with E-state index >= 15 is 0 Å². The van der Waals surface area contributed by atoms with E-state index in [4.69, 9.17) is 5.26 Å². The van der Waals surface area contributed by atoms with Crippen molar-refractivity contribution in [3.63, 3.8) is 0 Å². The van der Waals surface area contributed by atoms with E-state index in [1.165, 1.54) is 6.07 Å². The molecule has 2 heterocycles. The van der Waals surface area contributed by atoms with Crippen LogP contribution < -0.4 is 4.90 Å². The molecule has 0 unspecified atom stereocenters. The summed E-state index contributed by atoms with van der Waals surface area (Å²) in [7, 11) is 0. The summed E-state index contributed by atoms with van der Waals surface area (Å²) in [6.07, 6.45) is -0.752. The Morgan fingerprint density at radius 2 is 2.00 bits per heavy atom. The van der Waals surface area contributed by atoms with E-state index in [1.807, 2.05) is 0 Å². The first kappa shape index (κ1) is 13.5. The quantitative estimate of drug-likeness (QED) is 0.774. The summed E-state index contributed by atoms with van der Waals surface area (Å²) in [4.78, 5) is 25.9. The van der Waals surface area contributed by atoms with E-state index in [-0.39, 0.29) is 13.0 Å². The molecule has 3 amide bonds. The van der Waals surface area contributed by atoms with Gasteiger partial charge in [-0.25, -0.2) is 18.5 Å². The fraction of sp³-hybridized carbons (Fsp3) is 0.308. The summed E-state index contributed by atoms with van der Waals surface area (Å²) < 4.78 is 27.6. The minimum absolute atomic E-state index is 0.174. The number of rotatable bonds is 1. The molecule has 1 aromatic carbocycles. The molecule has 0 saturated carbocycles. The Kier molecular flexibility index (Phi) is 2.88. The number of amides is 3. The van der Waals surface area contributed by atoms with Gasteiger partial charge in [-0.15, -0.1) is 0 Å². The zero-order valence-electron chi connectivity index (χ0n) is 10.6. The third kappa shape index (κ3) is 1.71. The maximum atomic E-state index is 14.0. The average Bonchev–Trinajstić information content (AvgIpc) is 2.95. The van der Waals surface area contributed by atoms with Gasteiger partial charge >= 0.3 is 6.03 Å². The second-order valence-electron chi connectivity index (χ2n) is 4.82. The van der Waals surface area contributed by atoms with Crippen molar-refractivity contribution in [2.45, 2.75) is 18.6 Å². The van der Waals surface area contributed by atoms with Crippen LogP contribution in [0.3, 0.4) is 0 Å². The van der Waals surface area contributed by atoms with Gasteiger partial charge in [-0.3, -0.25) is 4.79 Å². The molecule has 8 heteroatoms. The number of aliphatic hydroxyl groups is 1. The van der Waals surface area contributed by atoms with Crippen molar-refractivity contribution in [3.8, 4) is 6.07 Å². The first-order valence-electron chi connectivity index (χ1n) is 6.18. The molecule has 0 radical (unpaired) electrons. The van der Waals surface area contributed by atoms with Crippen molar-refractivity contribution in [1.29, 1.82) is 5.26 Å². The molecule has 6 nitrogen and oxygen atoms in total. The van der Waals surface area contributed by atoms with Crippen LogP contribution >= 0.6 is 0 Å². The molecule has 1 N–H and O–H groups in total. The van der Waals surface area contributed by atoms with Crippen molar-refractivity contribution in [2.75, 3.05) is 11.4 Å². The Labute approximate surface area is 117 Å². The summed E-state index contributed by atoms with van der Waals surface area (Å²) in [6, 6.07) is 1.60. The smallest absolute Gasteiger partial charge is 0.332 e. The highest BCUT2D eigenvalue weighted by Crippen LogP contribution is 2.34. The number of hydrogen-bond donors (Lipinski definition) is 1. The summed E-state index contributed by atoms with van der Waals surface area (Å²) in [6.45, 7) is 0.174. The molecule has 0 aromatic heterocycles. The lowest BCUT2D eigenvalue weighted by atomic mass is 10.1. The fourth-order valence-electron chi connectivity index (χ4n) is 2.66. The molecule has 21 heavy (non-hydrogen) atoms. The molecule has 2 aliphatic heterocycles. The van der Waals surface area contributed by atoms with E-state index < -0.39 is 47.0 Å². The van der Waals surface area contributed by atoms with Gasteiger partial charge < -0.3 is 10.0 Å². The summed E-state index contributed by atoms with van der Waals surface area (Å²) >= 11 is 0. The number of hydrogen-bond acceptors (Lipinski definition) is 4. The van der Waals surface area contributed by atoms with Gasteiger partial charge in [0.15, 0.2) is 11.6 Å². The first-order valence-corrected chi connectivity index (χ1v) is 6.18. The lowest BCUT2D eigenvalue weighted by molar-refractivity contribution is -0.121. The van der Waals surface area contributed by atoms with Crippen LogP contribution in [-0.2, 0) is 4.79 Å². The molecule has 1 aromatic rings. The molecule has 2 aliphatic rings. The Balaban J connectivity index is 2.07. The van der Waals surface area contributed by atoms with Crippen LogP contribution in [0.4, 0.5) is 19.3 Å². The molecule has 0 bridgehead atoms. The normalized spacial score (nSPS) is 24.5. The van der Waals surface area contributed by atoms with E-state index in [9.17, 15) is 23.5 Å². The van der Waals surface area contributed by atoms with Crippen LogP contribution in [0.15, 0.2) is 12.1 Å². The first-order chi connectivity index (χ1) is 9.97. The van der Waals surface area contributed by atoms with Gasteiger partial charge in [-0.2, -0.15) is 5.26 Å². The number of carbonyl (C=O) groups is 2. The molecule has 2 atom stereocenters. The van der Waals surface area contributed by atoms with Crippen LogP contribution in [-0.4, -0.2) is 40.6 Å². The third-order valence-electron chi connectivity index (χ3n) is 3.70. The predicted octanol–water partition coefficient (Wildman–Crippen LogP) is 0.738. The number of halogens is 2. The van der Waals surface area contributed by atoms with E-state index in [1.54, 1.807) is 0 Å². The van der Waals surface area contributed by atoms with Gasteiger partial charge in [-0.1, -0.05) is 0 Å². The number of nitriles is 1. The van der Waals surface area contributed by atoms with Gasteiger partial charge in [0.25, 0.3) is 5.91 Å². The van der Waals surface area contributed by atoms with Gasteiger partial charge in [-0.05, 0) is 18.6 Å². The van der Waals surface area contributed by atoms with Gasteiger partial charge in [0.05, 0.1) is 17.4 Å². The van der Waals surface area contributed by atoms with E-state index in [2.05, 4.69) is 0 Å². The number of anilines is 1. The number of aliphatic hydroxyl groups excluding tert-OH is 1. The van der Waals surface area contributed by atoms with Gasteiger partial charge in [0.2, 0.25) is 0 Å². The molecule has 3 rings (SSSR count). The standard InChI is InChI=1S/C13H9F2N3O3/c14-9-6(5-16)1-2-7(10(9)15)18-12(20)11-8(19)3-4-17(11)13(18)21/h1-2,8,11,19H,3-4H2/t8-,11+/m1/s1. The number of carbonyl (C=O) groups excluding carboxylic acids is 2. The van der Waals surface area contributed by atoms with Crippen molar-refractivity contribution in [2.24, 2.45) is 0 Å². The zero-order valence-corrected chi connectivity index (χ0v) is 10.6. The monoisotopic (exact) mass is 293 g/mol. The topological polar surface area (TPSA) is 84.6 Å². The Hall–Kier alpha value is -2.53. The molecule has 2 fully saturated rings. The predicted molar refractivity (Wildman–Crippen MR) is 65.1 cm³/mol. The van der Waals surface area contributed by atoms with E-state index in [0.717, 1.165) is 17.0 Å². The van der Waals surface area contributed by atoms with Crippen molar-refractivity contribution in [1.82, 2.24) is 4.90 Å². The maximum Gasteiger partial charge on any atom is 0.332 e. The van der Waals surface area contributed by atoms with Crippen LogP contribution in [0.2, 0.25) is 0 Å². The summed E-state index contributed by atoms with van der Waals surface area (Å²) in [5.41, 5.74) is -1.07. The second-order valence-corrected chi connectivity index (χ2v) is 4.82. The Morgan fingerprint density at radius 1 is 1.29 bits per heavy atom. The lowest BCUT2D eigenvalue weighted by Gasteiger charge is -2.16. The van der Waals surface area contributed by atoms with Crippen LogP contribution in [0.1, 0.15) is 12.0 Å². The summed E-state index contributed by atoms with van der Waals surface area (Å²) in [5.74, 6) is -3.65. The number of nitrogens with zero attached hydrogens (tertiary/aromatic N) is 3. The highest BCUT2D eigenvalue weighted by molar-refractivity contribution is 6.21. The fourth-order valence-corrected chi connectivity index (χ4v) is 2.66. The van der Waals surface area contributed by atoms with Crippen molar-refractivity contribution in [3.05, 3.63) is 29.3 Å². The van der Waals surface area contributed by atoms with Crippen LogP contribution in [0, 0.1) is 23.0 Å². The SMILES string of the molecule is N#Cc1ccc(N2C(=O)[C@@H]3[C@H](O)CCN3C2=O)c(F)c1F. The molecule has 0 aliphatic carbocycles. The Bertz CT molecular complexity index is 701. The Morgan fingerprint density at radius 3 is 2.62 bits per heavy atom. The minimum atomic E-state index is -1.44. The largest absolute Gasteiger partial charge is 0.390 e. The number of benzene rings is 1. The van der Waals surface area contributed by atoms with Crippen molar-refractivity contribution >= 4 is 17.6 Å². The zero-order chi connectivity index (χ0) is 15.3. The van der Waals surface area contributed by atoms with Crippen LogP contribution in [0.5, 0.6) is 0 Å². The minimum Gasteiger partial charge on any atom is -0.390 e. The summed E-state index contributed by atoms with van der Waals surface area (Å²) in [5, 5.41) is 18.3. The third-order valence-corrected chi connectivity index (χ3v) is 3.70. The van der Waals surface area contributed by atoms with Crippen LogP contribution in [0.25, 0.3) is 0 Å². The average molecular weight is 293 g/mol. The molecular formula is C13H9F2N3O3. The lowest BCUT2D eigenvalue weighted by Crippen LogP contribution is -2.36. The molecular weight excluding hydrogens is 284 g/mol. The molecule has 108 valence electrons. The van der Waals surface area contributed by atoms with Crippen molar-refractivity contribution < 1.29 is 23.5 Å². The van der Waals surface area contributed by atoms with Gasteiger partial charge in [0.1, 0.15) is 12.1 Å². The highest BCUT2D eigenvalue weighted by Gasteiger charge is 2.53. The van der Waals surface area contributed by atoms with E-state index in [0.29, 0.717) is 4.90 Å². The molecule has 2 saturated heterocycles. The molecule has 0 spiro atoms. The highest BCUT2D eigenvalue weighted by atomic mass is 19.2. The number of imide groups is 1. The van der Waals surface area contributed by atoms with Gasteiger partial charge in [0, 0.05) is 6.54 Å². The number of urea groups is 1. The second kappa shape index (κ2) is 4.49.